The molecule has 0 spiro atoms. The zero-order valence-electron chi connectivity index (χ0n) is 11.5. The van der Waals surface area contributed by atoms with Gasteiger partial charge < -0.3 is 5.73 Å². The molecule has 2 rings (SSSR count). The van der Waals surface area contributed by atoms with Crippen molar-refractivity contribution >= 4 is 11.3 Å². The molecule has 96 valence electrons. The molecule has 2 N–H and O–H groups in total. The Hall–Kier alpha value is -0.340. The summed E-state index contributed by atoms with van der Waals surface area (Å²) in [6.07, 6.45) is 4.60. The smallest absolute Gasteiger partial charge is 0.0213 e. The minimum absolute atomic E-state index is 0.0178. The molecule has 0 saturated heterocycles. The fourth-order valence-electron chi connectivity index (χ4n) is 4.27. The molecule has 1 saturated carbocycles. The molecule has 1 nitrogen and oxygen atoms in total. The van der Waals surface area contributed by atoms with Crippen molar-refractivity contribution < 1.29 is 0 Å². The second kappa shape index (κ2) is 4.10. The van der Waals surface area contributed by atoms with Gasteiger partial charge in [0.25, 0.3) is 0 Å². The van der Waals surface area contributed by atoms with E-state index < -0.39 is 0 Å². The van der Waals surface area contributed by atoms with Gasteiger partial charge in [0.2, 0.25) is 0 Å². The molecular formula is C15H25NS. The highest BCUT2D eigenvalue weighted by molar-refractivity contribution is 7.09. The van der Waals surface area contributed by atoms with E-state index in [1.807, 2.05) is 11.3 Å². The lowest BCUT2D eigenvalue weighted by Gasteiger charge is -2.50. The molecule has 1 aliphatic carbocycles. The number of thiophene rings is 1. The lowest BCUT2D eigenvalue weighted by molar-refractivity contribution is 0.0491. The van der Waals surface area contributed by atoms with E-state index in [1.54, 1.807) is 0 Å². The van der Waals surface area contributed by atoms with E-state index in [-0.39, 0.29) is 5.54 Å². The Balaban J connectivity index is 2.18. The van der Waals surface area contributed by atoms with Crippen molar-refractivity contribution in [3.05, 3.63) is 22.4 Å². The lowest BCUT2D eigenvalue weighted by Crippen LogP contribution is -2.53. The van der Waals surface area contributed by atoms with E-state index in [0.717, 1.165) is 19.3 Å². The molecule has 1 fully saturated rings. The maximum absolute atomic E-state index is 6.71. The quantitative estimate of drug-likeness (QED) is 0.836. The molecule has 0 radical (unpaired) electrons. The zero-order chi connectivity index (χ0) is 12.7. The first-order chi connectivity index (χ1) is 7.70. The molecule has 1 heterocycles. The lowest BCUT2D eigenvalue weighted by atomic mass is 9.58. The third kappa shape index (κ3) is 3.32. The topological polar surface area (TPSA) is 26.0 Å². The monoisotopic (exact) mass is 251 g/mol. The molecule has 1 aliphatic rings. The molecule has 0 aromatic carbocycles. The summed E-state index contributed by atoms with van der Waals surface area (Å²) < 4.78 is 0. The van der Waals surface area contributed by atoms with E-state index in [0.29, 0.717) is 10.8 Å². The first-order valence-corrected chi connectivity index (χ1v) is 7.39. The van der Waals surface area contributed by atoms with Gasteiger partial charge in [0.05, 0.1) is 0 Å². The molecule has 17 heavy (non-hydrogen) atoms. The van der Waals surface area contributed by atoms with Gasteiger partial charge in [0.15, 0.2) is 0 Å². The summed E-state index contributed by atoms with van der Waals surface area (Å²) in [7, 11) is 0. The molecule has 0 aliphatic heterocycles. The van der Waals surface area contributed by atoms with Gasteiger partial charge in [-0.25, -0.2) is 0 Å². The van der Waals surface area contributed by atoms with Gasteiger partial charge in [-0.2, -0.15) is 0 Å². The highest BCUT2D eigenvalue weighted by atomic mass is 32.1. The summed E-state index contributed by atoms with van der Waals surface area (Å²) in [5.74, 6) is 0. The number of rotatable bonds is 2. The minimum Gasteiger partial charge on any atom is -0.325 e. The number of hydrogen-bond acceptors (Lipinski definition) is 2. The van der Waals surface area contributed by atoms with Gasteiger partial charge in [-0.3, -0.25) is 0 Å². The molecule has 1 aromatic rings. The van der Waals surface area contributed by atoms with Crippen LogP contribution in [0.25, 0.3) is 0 Å². The highest BCUT2D eigenvalue weighted by Gasteiger charge is 2.45. The first kappa shape index (κ1) is 13.1. The maximum atomic E-state index is 6.71. The summed E-state index contributed by atoms with van der Waals surface area (Å²) in [6, 6.07) is 4.34. The van der Waals surface area contributed by atoms with Crippen LogP contribution in [0, 0.1) is 10.8 Å². The normalized spacial score (nSPS) is 25.7. The second-order valence-electron chi connectivity index (χ2n) is 7.48. The van der Waals surface area contributed by atoms with Crippen LogP contribution in [0.15, 0.2) is 17.5 Å². The Kier molecular flexibility index (Phi) is 3.16. The molecule has 2 heteroatoms. The van der Waals surface area contributed by atoms with Crippen LogP contribution in [0.4, 0.5) is 0 Å². The predicted octanol–water partition coefficient (Wildman–Crippen LogP) is 4.22. The molecular weight excluding hydrogens is 226 g/mol. The first-order valence-electron chi connectivity index (χ1n) is 6.51. The SMILES string of the molecule is CC1(C)CC(C)(C)CC(N)(Cc2cccs2)C1. The van der Waals surface area contributed by atoms with Crippen LogP contribution >= 0.6 is 11.3 Å². The summed E-state index contributed by atoms with van der Waals surface area (Å²) in [5, 5.41) is 2.15. The fourth-order valence-corrected chi connectivity index (χ4v) is 5.13. The molecule has 0 bridgehead atoms. The van der Waals surface area contributed by atoms with E-state index in [2.05, 4.69) is 45.2 Å². The van der Waals surface area contributed by atoms with Crippen LogP contribution in [0.2, 0.25) is 0 Å². The van der Waals surface area contributed by atoms with E-state index in [1.165, 1.54) is 11.3 Å². The average molecular weight is 251 g/mol. The van der Waals surface area contributed by atoms with Crippen molar-refractivity contribution in [2.45, 2.75) is 58.9 Å². The van der Waals surface area contributed by atoms with Crippen molar-refractivity contribution in [2.75, 3.05) is 0 Å². The van der Waals surface area contributed by atoms with Crippen LogP contribution in [-0.4, -0.2) is 5.54 Å². The molecule has 0 atom stereocenters. The van der Waals surface area contributed by atoms with Gasteiger partial charge >= 0.3 is 0 Å². The van der Waals surface area contributed by atoms with E-state index in [4.69, 9.17) is 5.73 Å². The maximum Gasteiger partial charge on any atom is 0.0213 e. The second-order valence-corrected chi connectivity index (χ2v) is 8.51. The molecule has 0 unspecified atom stereocenters. The number of nitrogens with two attached hydrogens (primary N) is 1. The standard InChI is InChI=1S/C15H25NS/c1-13(2)9-14(3,4)11-15(16,10-13)8-12-6-5-7-17-12/h5-7H,8-11,16H2,1-4H3. The Morgan fingerprint density at radius 3 is 2.18 bits per heavy atom. The summed E-state index contributed by atoms with van der Waals surface area (Å²) in [4.78, 5) is 1.43. The Bertz CT molecular complexity index is 360. The highest BCUT2D eigenvalue weighted by Crippen LogP contribution is 2.50. The Morgan fingerprint density at radius 2 is 1.71 bits per heavy atom. The largest absolute Gasteiger partial charge is 0.325 e. The van der Waals surface area contributed by atoms with Gasteiger partial charge in [-0.15, -0.1) is 11.3 Å². The zero-order valence-corrected chi connectivity index (χ0v) is 12.4. The van der Waals surface area contributed by atoms with Crippen molar-refractivity contribution in [2.24, 2.45) is 16.6 Å². The third-order valence-electron chi connectivity index (χ3n) is 3.72. The van der Waals surface area contributed by atoms with Crippen LogP contribution in [0.3, 0.4) is 0 Å². The summed E-state index contributed by atoms with van der Waals surface area (Å²) >= 11 is 1.84. The molecule has 1 aromatic heterocycles. The number of hydrogen-bond donors (Lipinski definition) is 1. The minimum atomic E-state index is -0.0178. The Morgan fingerprint density at radius 1 is 1.12 bits per heavy atom. The van der Waals surface area contributed by atoms with Gasteiger partial charge in [-0.05, 0) is 48.0 Å². The van der Waals surface area contributed by atoms with E-state index in [9.17, 15) is 0 Å². The summed E-state index contributed by atoms with van der Waals surface area (Å²) in [5.41, 5.74) is 7.43. The summed E-state index contributed by atoms with van der Waals surface area (Å²) in [6.45, 7) is 9.46. The van der Waals surface area contributed by atoms with Crippen LogP contribution < -0.4 is 5.73 Å². The predicted molar refractivity (Wildman–Crippen MR) is 76.4 cm³/mol. The van der Waals surface area contributed by atoms with Gasteiger partial charge in [0, 0.05) is 10.4 Å². The van der Waals surface area contributed by atoms with Crippen molar-refractivity contribution in [3.8, 4) is 0 Å². The van der Waals surface area contributed by atoms with Crippen molar-refractivity contribution in [3.63, 3.8) is 0 Å². The molecule has 0 amide bonds. The van der Waals surface area contributed by atoms with Crippen molar-refractivity contribution in [1.29, 1.82) is 0 Å². The fraction of sp³-hybridized carbons (Fsp3) is 0.733. The van der Waals surface area contributed by atoms with Gasteiger partial charge in [0.1, 0.15) is 0 Å². The van der Waals surface area contributed by atoms with Crippen LogP contribution in [0.1, 0.15) is 51.8 Å². The van der Waals surface area contributed by atoms with Crippen LogP contribution in [-0.2, 0) is 6.42 Å². The van der Waals surface area contributed by atoms with E-state index >= 15 is 0 Å². The average Bonchev–Trinajstić information content (AvgIpc) is 2.47. The van der Waals surface area contributed by atoms with Crippen molar-refractivity contribution in [1.82, 2.24) is 0 Å². The van der Waals surface area contributed by atoms with Crippen LogP contribution in [0.5, 0.6) is 0 Å². The van der Waals surface area contributed by atoms with Gasteiger partial charge in [-0.1, -0.05) is 33.8 Å². The Labute approximate surface area is 109 Å². The third-order valence-corrected chi connectivity index (χ3v) is 4.60.